The number of hydrogen-bond donors (Lipinski definition) is 1. The van der Waals surface area contributed by atoms with E-state index < -0.39 is 23.8 Å². The average Bonchev–Trinajstić information content (AvgIpc) is 3.11. The molecule has 142 valence electrons. The van der Waals surface area contributed by atoms with Gasteiger partial charge < -0.3 is 9.73 Å². The largest absolute Gasteiger partial charge is 0.456 e. The average molecular weight is 450 g/mol. The van der Waals surface area contributed by atoms with Crippen LogP contribution in [0.25, 0.3) is 0 Å². The van der Waals surface area contributed by atoms with E-state index in [-0.39, 0.29) is 12.2 Å². The number of rotatable bonds is 5. The maximum Gasteiger partial charge on any atom is 0.449 e. The minimum Gasteiger partial charge on any atom is -0.456 e. The first-order chi connectivity index (χ1) is 13.2. The highest BCUT2D eigenvalue weighted by Gasteiger charge is 2.35. The van der Waals surface area contributed by atoms with Crippen LogP contribution in [-0.2, 0) is 17.4 Å². The van der Waals surface area contributed by atoms with E-state index in [4.69, 9.17) is 12.3 Å². The van der Waals surface area contributed by atoms with Crippen molar-refractivity contribution < 1.29 is 22.4 Å². The number of nitrogens with one attached hydrogen (secondary N) is 1. The summed E-state index contributed by atoms with van der Waals surface area (Å²) in [4.78, 5) is 20.8. The molecule has 1 unspecified atom stereocenters. The summed E-state index contributed by atoms with van der Waals surface area (Å²) in [5, 5.41) is 2.64. The monoisotopic (exact) mass is 449 g/mol. The Morgan fingerprint density at radius 2 is 2.00 bits per heavy atom. The lowest BCUT2D eigenvalue weighted by atomic mass is 9.90. The summed E-state index contributed by atoms with van der Waals surface area (Å²) in [7, 11) is 5.74. The van der Waals surface area contributed by atoms with Crippen LogP contribution in [0, 0.1) is 0 Å². The summed E-state index contributed by atoms with van der Waals surface area (Å²) in [6.07, 6.45) is -0.360. The van der Waals surface area contributed by atoms with Crippen LogP contribution in [0.5, 0.6) is 0 Å². The van der Waals surface area contributed by atoms with Crippen molar-refractivity contribution in [3.63, 3.8) is 0 Å². The van der Waals surface area contributed by atoms with Gasteiger partial charge in [-0.05, 0) is 45.8 Å². The van der Waals surface area contributed by atoms with Gasteiger partial charge in [-0.1, -0.05) is 11.5 Å². The quantitative estimate of drug-likeness (QED) is 0.604. The van der Waals surface area contributed by atoms with Gasteiger partial charge in [0.25, 0.3) is 0 Å². The summed E-state index contributed by atoms with van der Waals surface area (Å²) in [6, 6.07) is 6.85. The molecule has 0 spiro atoms. The minimum atomic E-state index is -4.60. The normalized spacial score (nSPS) is 12.6. The second kappa shape index (κ2) is 8.18. The Morgan fingerprint density at radius 1 is 1.21 bits per heavy atom. The van der Waals surface area contributed by atoms with Gasteiger partial charge >= 0.3 is 6.18 Å². The molecule has 3 rings (SSSR count). The lowest BCUT2D eigenvalue weighted by molar-refractivity contribution is -0.153. The van der Waals surface area contributed by atoms with Gasteiger partial charge in [0.15, 0.2) is 0 Å². The standard InChI is InChI=1S/C18H12BBrF3N3O2/c19-11-5-10(7-24-8-11)14(6-13-2-3-15(28-13)18(21,22)23)17(27)26-16-4-1-12(20)9-25-16/h1-5,7-9,14H,6H2,(H,25,26,27). The molecule has 1 N–H and O–H groups in total. The summed E-state index contributed by atoms with van der Waals surface area (Å²) in [6.45, 7) is 0. The number of pyridine rings is 2. The predicted octanol–water partition coefficient (Wildman–Crippen LogP) is 3.61. The third kappa shape index (κ3) is 5.01. The summed E-state index contributed by atoms with van der Waals surface area (Å²) < 4.78 is 43.9. The molecule has 0 aliphatic rings. The molecule has 0 aliphatic carbocycles. The number of anilines is 1. The Hall–Kier alpha value is -2.62. The van der Waals surface area contributed by atoms with Gasteiger partial charge in [0.05, 0.1) is 5.92 Å². The topological polar surface area (TPSA) is 68.0 Å². The highest BCUT2D eigenvalue weighted by molar-refractivity contribution is 9.10. The van der Waals surface area contributed by atoms with Crippen LogP contribution in [-0.4, -0.2) is 23.7 Å². The van der Waals surface area contributed by atoms with Crippen LogP contribution >= 0.6 is 15.9 Å². The molecular weight excluding hydrogens is 438 g/mol. The van der Waals surface area contributed by atoms with Crippen molar-refractivity contribution in [3.05, 3.63) is 70.5 Å². The van der Waals surface area contributed by atoms with Gasteiger partial charge in [-0.15, -0.1) is 0 Å². The van der Waals surface area contributed by atoms with Gasteiger partial charge in [0, 0.05) is 29.5 Å². The predicted molar refractivity (Wildman–Crippen MR) is 100 cm³/mol. The first-order valence-electron chi connectivity index (χ1n) is 8.01. The molecule has 10 heteroatoms. The van der Waals surface area contributed by atoms with Crippen LogP contribution in [0.3, 0.4) is 0 Å². The van der Waals surface area contributed by atoms with Crippen molar-refractivity contribution in [2.24, 2.45) is 0 Å². The van der Waals surface area contributed by atoms with Crippen molar-refractivity contribution in [2.45, 2.75) is 18.5 Å². The lowest BCUT2D eigenvalue weighted by Gasteiger charge is -2.16. The highest BCUT2D eigenvalue weighted by atomic mass is 79.9. The molecule has 0 saturated carbocycles. The Labute approximate surface area is 167 Å². The summed E-state index contributed by atoms with van der Waals surface area (Å²) >= 11 is 3.25. The van der Waals surface area contributed by atoms with E-state index in [9.17, 15) is 18.0 Å². The fourth-order valence-corrected chi connectivity index (χ4v) is 2.77. The number of nitrogens with zero attached hydrogens (tertiary/aromatic N) is 2. The Morgan fingerprint density at radius 3 is 2.61 bits per heavy atom. The molecule has 3 aromatic heterocycles. The fourth-order valence-electron chi connectivity index (χ4n) is 2.53. The lowest BCUT2D eigenvalue weighted by Crippen LogP contribution is -2.24. The summed E-state index contributed by atoms with van der Waals surface area (Å²) in [5.41, 5.74) is 0.770. The third-order valence-corrected chi connectivity index (χ3v) is 4.29. The zero-order chi connectivity index (χ0) is 20.3. The molecule has 0 aromatic carbocycles. The second-order valence-electron chi connectivity index (χ2n) is 5.92. The fraction of sp³-hybridized carbons (Fsp3) is 0.167. The zero-order valence-corrected chi connectivity index (χ0v) is 15.8. The number of carbonyl (C=O) groups is 1. The van der Waals surface area contributed by atoms with Crippen molar-refractivity contribution >= 4 is 41.0 Å². The maximum atomic E-state index is 12.8. The van der Waals surface area contributed by atoms with Gasteiger partial charge in [-0.2, -0.15) is 13.2 Å². The minimum absolute atomic E-state index is 0.0127. The zero-order valence-electron chi connectivity index (χ0n) is 14.2. The number of alkyl halides is 3. The third-order valence-electron chi connectivity index (χ3n) is 3.82. The van der Waals surface area contributed by atoms with E-state index in [2.05, 4.69) is 31.2 Å². The van der Waals surface area contributed by atoms with E-state index in [0.717, 1.165) is 10.5 Å². The number of furan rings is 1. The molecule has 1 atom stereocenters. The van der Waals surface area contributed by atoms with Gasteiger partial charge in [-0.25, -0.2) is 4.98 Å². The Balaban J connectivity index is 1.87. The number of carbonyl (C=O) groups excluding carboxylic acids is 1. The molecule has 1 amide bonds. The van der Waals surface area contributed by atoms with Crippen LogP contribution in [0.2, 0.25) is 0 Å². The molecule has 3 heterocycles. The number of aromatic nitrogens is 2. The van der Waals surface area contributed by atoms with E-state index in [0.29, 0.717) is 16.8 Å². The first kappa shape index (κ1) is 20.1. The molecule has 0 bridgehead atoms. The van der Waals surface area contributed by atoms with Crippen molar-refractivity contribution in [2.75, 3.05) is 5.32 Å². The number of halogens is 4. The van der Waals surface area contributed by atoms with E-state index in [1.807, 2.05) is 0 Å². The highest BCUT2D eigenvalue weighted by Crippen LogP contribution is 2.32. The Kier molecular flexibility index (Phi) is 5.88. The van der Waals surface area contributed by atoms with Crippen molar-refractivity contribution in [1.82, 2.24) is 9.97 Å². The molecule has 5 nitrogen and oxygen atoms in total. The van der Waals surface area contributed by atoms with E-state index in [1.54, 1.807) is 18.2 Å². The van der Waals surface area contributed by atoms with Gasteiger partial charge in [0.2, 0.25) is 11.7 Å². The molecule has 28 heavy (non-hydrogen) atoms. The Bertz CT molecular complexity index is 977. The molecule has 0 saturated heterocycles. The molecular formula is C18H12BBrF3N3O2. The maximum absolute atomic E-state index is 12.8. The van der Waals surface area contributed by atoms with Crippen molar-refractivity contribution in [1.29, 1.82) is 0 Å². The van der Waals surface area contributed by atoms with Crippen molar-refractivity contribution in [3.8, 4) is 0 Å². The van der Waals surface area contributed by atoms with Crippen LogP contribution in [0.1, 0.15) is 23.0 Å². The molecule has 3 aromatic rings. The van der Waals surface area contributed by atoms with Crippen LogP contribution in [0.4, 0.5) is 19.0 Å². The molecule has 2 radical (unpaired) electrons. The SMILES string of the molecule is [B]c1cncc(C(Cc2ccc(C(F)(F)F)o2)C(=O)Nc2ccc(Br)cn2)c1. The summed E-state index contributed by atoms with van der Waals surface area (Å²) in [5.74, 6) is -2.17. The van der Waals surface area contributed by atoms with E-state index in [1.165, 1.54) is 24.7 Å². The molecule has 0 fully saturated rings. The van der Waals surface area contributed by atoms with E-state index >= 15 is 0 Å². The number of hydrogen-bond acceptors (Lipinski definition) is 4. The second-order valence-corrected chi connectivity index (χ2v) is 6.84. The first-order valence-corrected chi connectivity index (χ1v) is 8.80. The smallest absolute Gasteiger partial charge is 0.449 e. The van der Waals surface area contributed by atoms with Gasteiger partial charge in [-0.3, -0.25) is 9.78 Å². The number of amides is 1. The molecule has 0 aliphatic heterocycles. The van der Waals surface area contributed by atoms with Crippen LogP contribution < -0.4 is 10.8 Å². The van der Waals surface area contributed by atoms with Crippen LogP contribution in [0.15, 0.2) is 57.8 Å². The van der Waals surface area contributed by atoms with Gasteiger partial charge in [0.1, 0.15) is 19.4 Å².